The number of piperidine rings is 1. The first-order valence-electron chi connectivity index (χ1n) is 11.3. The number of alkyl halides is 3. The Bertz CT molecular complexity index is 1270. The van der Waals surface area contributed by atoms with Crippen molar-refractivity contribution in [3.05, 3.63) is 76.4 Å². The van der Waals surface area contributed by atoms with Crippen molar-refractivity contribution in [3.63, 3.8) is 0 Å². The van der Waals surface area contributed by atoms with Crippen LogP contribution in [-0.2, 0) is 12.7 Å². The van der Waals surface area contributed by atoms with Crippen molar-refractivity contribution in [1.29, 1.82) is 0 Å². The van der Waals surface area contributed by atoms with E-state index in [9.17, 15) is 17.6 Å². The minimum atomic E-state index is -4.47. The van der Waals surface area contributed by atoms with Crippen molar-refractivity contribution >= 4 is 17.3 Å². The SMILES string of the molecule is Cc1nc(N)ncc1C#Cc1ccc(F)c(CNc2cc(C(F)(F)F)ccc2N2CCCCC2)c1. The molecule has 1 saturated heterocycles. The molecule has 35 heavy (non-hydrogen) atoms. The van der Waals surface area contributed by atoms with Crippen molar-refractivity contribution < 1.29 is 17.6 Å². The summed E-state index contributed by atoms with van der Waals surface area (Å²) in [4.78, 5) is 10.1. The number of rotatable bonds is 4. The van der Waals surface area contributed by atoms with Crippen molar-refractivity contribution in [1.82, 2.24) is 9.97 Å². The summed E-state index contributed by atoms with van der Waals surface area (Å²) in [7, 11) is 0. The summed E-state index contributed by atoms with van der Waals surface area (Å²) in [5.74, 6) is 5.59. The molecule has 0 spiro atoms. The van der Waals surface area contributed by atoms with E-state index in [1.54, 1.807) is 19.1 Å². The van der Waals surface area contributed by atoms with Crippen LogP contribution in [-0.4, -0.2) is 23.1 Å². The van der Waals surface area contributed by atoms with Crippen LogP contribution >= 0.6 is 0 Å². The van der Waals surface area contributed by atoms with Gasteiger partial charge in [-0.25, -0.2) is 14.4 Å². The third-order valence-electron chi connectivity index (χ3n) is 5.88. The zero-order chi connectivity index (χ0) is 25.0. The van der Waals surface area contributed by atoms with Gasteiger partial charge in [-0.2, -0.15) is 13.2 Å². The second-order valence-electron chi connectivity index (χ2n) is 8.41. The smallest absolute Gasteiger partial charge is 0.379 e. The molecule has 0 atom stereocenters. The van der Waals surface area contributed by atoms with Crippen molar-refractivity contribution in [3.8, 4) is 11.8 Å². The molecule has 9 heteroatoms. The molecule has 0 aliphatic carbocycles. The van der Waals surface area contributed by atoms with Crippen LogP contribution in [0.4, 0.5) is 34.9 Å². The van der Waals surface area contributed by atoms with Gasteiger partial charge in [-0.1, -0.05) is 11.8 Å². The average molecular weight is 484 g/mol. The zero-order valence-electron chi connectivity index (χ0n) is 19.2. The van der Waals surface area contributed by atoms with Crippen LogP contribution in [0.3, 0.4) is 0 Å². The van der Waals surface area contributed by atoms with Crippen LogP contribution in [0.25, 0.3) is 0 Å². The van der Waals surface area contributed by atoms with Crippen molar-refractivity contribution in [2.24, 2.45) is 0 Å². The highest BCUT2D eigenvalue weighted by atomic mass is 19.4. The summed E-state index contributed by atoms with van der Waals surface area (Å²) in [5, 5.41) is 3.03. The first-order valence-corrected chi connectivity index (χ1v) is 11.3. The minimum Gasteiger partial charge on any atom is -0.379 e. The topological polar surface area (TPSA) is 67.1 Å². The minimum absolute atomic E-state index is 0.00745. The quantitative estimate of drug-likeness (QED) is 0.378. The van der Waals surface area contributed by atoms with Crippen molar-refractivity contribution in [2.75, 3.05) is 29.0 Å². The molecule has 2 aromatic carbocycles. The first kappa shape index (κ1) is 24.3. The molecule has 182 valence electrons. The van der Waals surface area contributed by atoms with Gasteiger partial charge in [0, 0.05) is 37.0 Å². The van der Waals surface area contributed by atoms with E-state index in [1.807, 2.05) is 0 Å². The van der Waals surface area contributed by atoms with E-state index in [2.05, 4.69) is 32.0 Å². The van der Waals surface area contributed by atoms with Gasteiger partial charge in [-0.3, -0.25) is 0 Å². The third-order valence-corrected chi connectivity index (χ3v) is 5.88. The van der Waals surface area contributed by atoms with Gasteiger partial charge in [-0.05, 0) is 62.6 Å². The van der Waals surface area contributed by atoms with E-state index in [4.69, 9.17) is 5.73 Å². The van der Waals surface area contributed by atoms with Crippen molar-refractivity contribution in [2.45, 2.75) is 38.9 Å². The Hall–Kier alpha value is -3.80. The average Bonchev–Trinajstić information content (AvgIpc) is 2.83. The predicted molar refractivity (Wildman–Crippen MR) is 128 cm³/mol. The molecule has 1 aliphatic rings. The molecule has 0 bridgehead atoms. The van der Waals surface area contributed by atoms with Crippen LogP contribution < -0.4 is 16.0 Å². The van der Waals surface area contributed by atoms with Gasteiger partial charge in [0.25, 0.3) is 0 Å². The number of nitrogens with one attached hydrogen (secondary N) is 1. The summed E-state index contributed by atoms with van der Waals surface area (Å²) in [6.45, 7) is 3.31. The lowest BCUT2D eigenvalue weighted by Crippen LogP contribution is -2.30. The van der Waals surface area contributed by atoms with Gasteiger partial charge in [0.15, 0.2) is 0 Å². The Balaban J connectivity index is 1.59. The zero-order valence-corrected chi connectivity index (χ0v) is 19.2. The number of aromatic nitrogens is 2. The fourth-order valence-electron chi connectivity index (χ4n) is 3.99. The number of nitrogens with two attached hydrogens (primary N) is 1. The highest BCUT2D eigenvalue weighted by Crippen LogP contribution is 2.36. The second kappa shape index (κ2) is 10.2. The Morgan fingerprint density at radius 2 is 1.83 bits per heavy atom. The van der Waals surface area contributed by atoms with E-state index >= 15 is 0 Å². The van der Waals surface area contributed by atoms with E-state index in [0.29, 0.717) is 33.8 Å². The highest BCUT2D eigenvalue weighted by molar-refractivity contribution is 5.71. The number of anilines is 3. The molecule has 1 aromatic heterocycles. The number of nitrogens with zero attached hydrogens (tertiary/aromatic N) is 3. The van der Waals surface area contributed by atoms with Gasteiger partial charge in [0.05, 0.1) is 28.2 Å². The maximum atomic E-state index is 14.6. The standard InChI is InChI=1S/C26H25F4N5/c1-17-19(15-33-25(31)34-17)7-5-18-6-9-22(27)20(13-18)16-32-23-14-21(26(28,29)30)8-10-24(23)35-11-3-2-4-12-35/h6,8-10,13-15,32H,2-4,11-12,16H2,1H3,(H2,31,33,34). The molecule has 2 heterocycles. The molecule has 0 unspecified atom stereocenters. The summed E-state index contributed by atoms with van der Waals surface area (Å²) in [5.41, 5.74) is 7.90. The fraction of sp³-hybridized carbons (Fsp3) is 0.308. The number of halogens is 4. The van der Waals surface area contributed by atoms with E-state index < -0.39 is 17.6 Å². The molecular formula is C26H25F4N5. The van der Waals surface area contributed by atoms with Crippen LogP contribution in [0.5, 0.6) is 0 Å². The summed E-state index contributed by atoms with van der Waals surface area (Å²) < 4.78 is 54.6. The molecular weight excluding hydrogens is 458 g/mol. The fourth-order valence-corrected chi connectivity index (χ4v) is 3.99. The number of hydrogen-bond acceptors (Lipinski definition) is 5. The molecule has 1 aliphatic heterocycles. The van der Waals surface area contributed by atoms with Crippen LogP contribution in [0.15, 0.2) is 42.6 Å². The lowest BCUT2D eigenvalue weighted by molar-refractivity contribution is -0.137. The lowest BCUT2D eigenvalue weighted by Gasteiger charge is -2.31. The number of hydrogen-bond donors (Lipinski definition) is 2. The maximum absolute atomic E-state index is 14.6. The molecule has 0 amide bonds. The molecule has 0 radical (unpaired) electrons. The second-order valence-corrected chi connectivity index (χ2v) is 8.41. The number of benzene rings is 2. The Morgan fingerprint density at radius 1 is 1.06 bits per heavy atom. The highest BCUT2D eigenvalue weighted by Gasteiger charge is 2.31. The number of aryl methyl sites for hydroxylation is 1. The van der Waals surface area contributed by atoms with E-state index in [1.165, 1.54) is 18.3 Å². The normalized spacial score (nSPS) is 13.8. The molecule has 3 N–H and O–H groups in total. The largest absolute Gasteiger partial charge is 0.416 e. The van der Waals surface area contributed by atoms with E-state index in [-0.39, 0.29) is 12.5 Å². The summed E-state index contributed by atoms with van der Waals surface area (Å²) >= 11 is 0. The van der Waals surface area contributed by atoms with Crippen LogP contribution in [0, 0.1) is 24.6 Å². The van der Waals surface area contributed by atoms with Gasteiger partial charge < -0.3 is 16.0 Å². The summed E-state index contributed by atoms with van der Waals surface area (Å²) in [6.07, 6.45) is 0.109. The maximum Gasteiger partial charge on any atom is 0.416 e. The molecule has 5 nitrogen and oxygen atoms in total. The number of nitrogen functional groups attached to an aromatic ring is 1. The Kier molecular flexibility index (Phi) is 7.10. The monoisotopic (exact) mass is 483 g/mol. The molecule has 1 fully saturated rings. The summed E-state index contributed by atoms with van der Waals surface area (Å²) in [6, 6.07) is 8.10. The van der Waals surface area contributed by atoms with Gasteiger partial charge in [-0.15, -0.1) is 0 Å². The van der Waals surface area contributed by atoms with Gasteiger partial charge in [0.2, 0.25) is 5.95 Å². The Labute approximate surface area is 201 Å². The van der Waals surface area contributed by atoms with Crippen LogP contribution in [0.1, 0.15) is 47.2 Å². The molecule has 0 saturated carbocycles. The third kappa shape index (κ3) is 6.01. The van der Waals surface area contributed by atoms with Gasteiger partial charge >= 0.3 is 6.18 Å². The van der Waals surface area contributed by atoms with E-state index in [0.717, 1.165) is 44.5 Å². The van der Waals surface area contributed by atoms with Gasteiger partial charge in [0.1, 0.15) is 5.82 Å². The van der Waals surface area contributed by atoms with Crippen LogP contribution in [0.2, 0.25) is 0 Å². The first-order chi connectivity index (χ1) is 16.7. The predicted octanol–water partition coefficient (Wildman–Crippen LogP) is 5.53. The molecule has 3 aromatic rings. The Morgan fingerprint density at radius 3 is 2.54 bits per heavy atom. The lowest BCUT2D eigenvalue weighted by atomic mass is 10.1. The molecule has 4 rings (SSSR count).